The Labute approximate surface area is 129 Å². The van der Waals surface area contributed by atoms with Gasteiger partial charge >= 0.3 is 6.03 Å². The summed E-state index contributed by atoms with van der Waals surface area (Å²) in [4.78, 5) is 14.4. The second kappa shape index (κ2) is 5.41. The Hall–Kier alpha value is -2.00. The Bertz CT molecular complexity index is 679. The number of halogens is 1. The van der Waals surface area contributed by atoms with Crippen LogP contribution in [0, 0.1) is 6.92 Å². The number of benzene rings is 2. The van der Waals surface area contributed by atoms with Gasteiger partial charge in [-0.05, 0) is 36.6 Å². The summed E-state index contributed by atoms with van der Waals surface area (Å²) in [7, 11) is 0. The minimum absolute atomic E-state index is 0.0731. The number of rotatable bonds is 1. The monoisotopic (exact) mass is 300 g/mol. The van der Waals surface area contributed by atoms with Crippen molar-refractivity contribution in [1.29, 1.82) is 0 Å². The Morgan fingerprint density at radius 1 is 1.24 bits per heavy atom. The second-order valence-corrected chi connectivity index (χ2v) is 5.77. The van der Waals surface area contributed by atoms with E-state index in [-0.39, 0.29) is 12.1 Å². The first-order chi connectivity index (χ1) is 10.1. The molecule has 1 unspecified atom stereocenters. The SMILES string of the molecule is Cc1cccc(Cl)c1NC(=O)N1Cc2ccccc2C1C. The van der Waals surface area contributed by atoms with Crippen LogP contribution < -0.4 is 5.32 Å². The van der Waals surface area contributed by atoms with Gasteiger partial charge in [0.1, 0.15) is 0 Å². The molecule has 108 valence electrons. The van der Waals surface area contributed by atoms with E-state index in [2.05, 4.69) is 17.4 Å². The summed E-state index contributed by atoms with van der Waals surface area (Å²) >= 11 is 6.17. The number of urea groups is 1. The van der Waals surface area contributed by atoms with Gasteiger partial charge in [-0.1, -0.05) is 48.0 Å². The first kappa shape index (κ1) is 14.0. The van der Waals surface area contributed by atoms with Crippen molar-refractivity contribution >= 4 is 23.3 Å². The molecule has 0 saturated carbocycles. The van der Waals surface area contributed by atoms with Gasteiger partial charge in [-0.15, -0.1) is 0 Å². The van der Waals surface area contributed by atoms with Crippen LogP contribution in [-0.2, 0) is 6.54 Å². The Kier molecular flexibility index (Phi) is 3.60. The van der Waals surface area contributed by atoms with Crippen molar-refractivity contribution in [1.82, 2.24) is 4.90 Å². The average molecular weight is 301 g/mol. The number of nitrogens with zero attached hydrogens (tertiary/aromatic N) is 1. The fourth-order valence-electron chi connectivity index (χ4n) is 2.79. The molecule has 0 bridgehead atoms. The van der Waals surface area contributed by atoms with Crippen molar-refractivity contribution in [3.8, 4) is 0 Å². The Balaban J connectivity index is 1.82. The molecule has 1 aliphatic heterocycles. The Morgan fingerprint density at radius 3 is 2.71 bits per heavy atom. The highest BCUT2D eigenvalue weighted by Crippen LogP contribution is 2.34. The fourth-order valence-corrected chi connectivity index (χ4v) is 3.06. The van der Waals surface area contributed by atoms with Crippen molar-refractivity contribution < 1.29 is 4.79 Å². The van der Waals surface area contributed by atoms with E-state index in [1.54, 1.807) is 6.07 Å². The molecular weight excluding hydrogens is 284 g/mol. The highest BCUT2D eigenvalue weighted by atomic mass is 35.5. The lowest BCUT2D eigenvalue weighted by Gasteiger charge is -2.23. The van der Waals surface area contributed by atoms with E-state index in [1.807, 2.05) is 43.0 Å². The molecule has 0 radical (unpaired) electrons. The van der Waals surface area contributed by atoms with E-state index < -0.39 is 0 Å². The van der Waals surface area contributed by atoms with Crippen molar-refractivity contribution in [3.63, 3.8) is 0 Å². The van der Waals surface area contributed by atoms with Crippen molar-refractivity contribution in [2.75, 3.05) is 5.32 Å². The normalized spacial score (nSPS) is 16.7. The number of anilines is 1. The molecule has 1 aliphatic rings. The van der Waals surface area contributed by atoms with Gasteiger partial charge in [-0.2, -0.15) is 0 Å². The lowest BCUT2D eigenvalue weighted by Crippen LogP contribution is -2.32. The number of nitrogens with one attached hydrogen (secondary N) is 1. The fraction of sp³-hybridized carbons (Fsp3) is 0.235. The zero-order chi connectivity index (χ0) is 15.0. The lowest BCUT2D eigenvalue weighted by molar-refractivity contribution is 0.199. The van der Waals surface area contributed by atoms with Gasteiger partial charge in [0.15, 0.2) is 0 Å². The third-order valence-electron chi connectivity index (χ3n) is 4.03. The molecule has 0 spiro atoms. The van der Waals surface area contributed by atoms with Crippen LogP contribution in [0.4, 0.5) is 10.5 Å². The topological polar surface area (TPSA) is 32.3 Å². The van der Waals surface area contributed by atoms with E-state index >= 15 is 0 Å². The van der Waals surface area contributed by atoms with Gasteiger partial charge in [-0.25, -0.2) is 4.79 Å². The first-order valence-corrected chi connectivity index (χ1v) is 7.36. The summed E-state index contributed by atoms with van der Waals surface area (Å²) in [6.07, 6.45) is 0. The van der Waals surface area contributed by atoms with Gasteiger partial charge in [0.05, 0.1) is 16.8 Å². The molecule has 1 N–H and O–H groups in total. The van der Waals surface area contributed by atoms with Crippen LogP contribution in [0.25, 0.3) is 0 Å². The zero-order valence-corrected chi connectivity index (χ0v) is 12.8. The standard InChI is InChI=1S/C17H17ClN2O/c1-11-6-5-9-15(18)16(11)19-17(21)20-10-13-7-3-4-8-14(13)12(20)2/h3-9,12H,10H2,1-2H3,(H,19,21). The maximum Gasteiger partial charge on any atom is 0.322 e. The van der Waals surface area contributed by atoms with Crippen LogP contribution in [0.15, 0.2) is 42.5 Å². The third-order valence-corrected chi connectivity index (χ3v) is 4.34. The number of carbonyl (C=O) groups excluding carboxylic acids is 1. The third kappa shape index (κ3) is 2.49. The molecular formula is C17H17ClN2O. The number of carbonyl (C=O) groups is 1. The molecule has 3 rings (SSSR count). The molecule has 3 nitrogen and oxygen atoms in total. The first-order valence-electron chi connectivity index (χ1n) is 6.98. The maximum atomic E-state index is 12.6. The molecule has 0 fully saturated rings. The molecule has 0 saturated heterocycles. The molecule has 2 amide bonds. The van der Waals surface area contributed by atoms with Gasteiger partial charge in [0.2, 0.25) is 0 Å². The van der Waals surface area contributed by atoms with Crippen LogP contribution in [0.3, 0.4) is 0 Å². The number of aryl methyl sites for hydroxylation is 1. The molecule has 2 aromatic carbocycles. The molecule has 1 heterocycles. The molecule has 1 atom stereocenters. The molecule has 2 aromatic rings. The van der Waals surface area contributed by atoms with E-state index in [4.69, 9.17) is 11.6 Å². The van der Waals surface area contributed by atoms with Crippen LogP contribution in [0.1, 0.15) is 29.7 Å². The molecule has 0 aromatic heterocycles. The number of para-hydroxylation sites is 1. The Morgan fingerprint density at radius 2 is 2.00 bits per heavy atom. The number of fused-ring (bicyclic) bond motifs is 1. The number of hydrogen-bond donors (Lipinski definition) is 1. The second-order valence-electron chi connectivity index (χ2n) is 5.36. The van der Waals surface area contributed by atoms with E-state index in [0.29, 0.717) is 17.3 Å². The highest BCUT2D eigenvalue weighted by molar-refractivity contribution is 6.33. The van der Waals surface area contributed by atoms with Gasteiger partial charge < -0.3 is 10.2 Å². The summed E-state index contributed by atoms with van der Waals surface area (Å²) in [5.74, 6) is 0. The van der Waals surface area contributed by atoms with Gasteiger partial charge in [0.25, 0.3) is 0 Å². The lowest BCUT2D eigenvalue weighted by atomic mass is 10.1. The summed E-state index contributed by atoms with van der Waals surface area (Å²) in [6, 6.07) is 13.7. The van der Waals surface area contributed by atoms with Gasteiger partial charge in [-0.3, -0.25) is 0 Å². The predicted octanol–water partition coefficient (Wildman–Crippen LogP) is 4.76. The van der Waals surface area contributed by atoms with Crippen LogP contribution in [-0.4, -0.2) is 10.9 Å². The largest absolute Gasteiger partial charge is 0.322 e. The highest BCUT2D eigenvalue weighted by Gasteiger charge is 2.30. The predicted molar refractivity (Wildman–Crippen MR) is 85.6 cm³/mol. The van der Waals surface area contributed by atoms with Crippen LogP contribution >= 0.6 is 11.6 Å². The number of amides is 2. The van der Waals surface area contributed by atoms with Crippen molar-refractivity contribution in [3.05, 3.63) is 64.2 Å². The summed E-state index contributed by atoms with van der Waals surface area (Å²) in [5.41, 5.74) is 4.06. The minimum Gasteiger partial charge on any atom is -0.313 e. The molecule has 0 aliphatic carbocycles. The summed E-state index contributed by atoms with van der Waals surface area (Å²) in [6.45, 7) is 4.61. The summed E-state index contributed by atoms with van der Waals surface area (Å²) in [5, 5.41) is 3.50. The zero-order valence-electron chi connectivity index (χ0n) is 12.1. The quantitative estimate of drug-likeness (QED) is 0.809. The summed E-state index contributed by atoms with van der Waals surface area (Å²) < 4.78 is 0. The van der Waals surface area contributed by atoms with Crippen molar-refractivity contribution in [2.24, 2.45) is 0 Å². The number of hydrogen-bond acceptors (Lipinski definition) is 1. The molecule has 21 heavy (non-hydrogen) atoms. The average Bonchev–Trinajstić information content (AvgIpc) is 2.81. The van der Waals surface area contributed by atoms with E-state index in [9.17, 15) is 4.79 Å². The van der Waals surface area contributed by atoms with Crippen LogP contribution in [0.2, 0.25) is 5.02 Å². The smallest absolute Gasteiger partial charge is 0.313 e. The van der Waals surface area contributed by atoms with Gasteiger partial charge in [0, 0.05) is 6.54 Å². The van der Waals surface area contributed by atoms with Crippen LogP contribution in [0.5, 0.6) is 0 Å². The van der Waals surface area contributed by atoms with E-state index in [1.165, 1.54) is 11.1 Å². The minimum atomic E-state index is -0.116. The molecule has 4 heteroatoms. The van der Waals surface area contributed by atoms with E-state index in [0.717, 1.165) is 5.56 Å². The maximum absolute atomic E-state index is 12.6. The van der Waals surface area contributed by atoms with Crippen molar-refractivity contribution in [2.45, 2.75) is 26.4 Å².